The molecule has 0 aromatic heterocycles. The number of ether oxygens (including phenoxy) is 3. The van der Waals surface area contributed by atoms with E-state index in [9.17, 15) is 9.59 Å². The number of hydrogen-bond donors (Lipinski definition) is 0. The smallest absolute Gasteiger partial charge is 0.337 e. The summed E-state index contributed by atoms with van der Waals surface area (Å²) in [6, 6.07) is 16.6. The third-order valence-electron chi connectivity index (χ3n) is 5.55. The summed E-state index contributed by atoms with van der Waals surface area (Å²) in [5, 5.41) is 0. The Balaban J connectivity index is 1.54. The Labute approximate surface area is 187 Å². The molecule has 0 amide bonds. The minimum absolute atomic E-state index is 0.179. The molecule has 3 aromatic carbocycles. The monoisotopic (exact) mass is 428 g/mol. The molecule has 0 aliphatic carbocycles. The number of rotatable bonds is 5. The van der Waals surface area contributed by atoms with Crippen molar-refractivity contribution in [1.82, 2.24) is 0 Å². The van der Waals surface area contributed by atoms with Gasteiger partial charge in [0.1, 0.15) is 18.1 Å². The van der Waals surface area contributed by atoms with Crippen LogP contribution in [0.5, 0.6) is 11.5 Å². The quantitative estimate of drug-likeness (QED) is 0.391. The molecule has 5 nitrogen and oxygen atoms in total. The molecule has 0 saturated heterocycles. The van der Waals surface area contributed by atoms with E-state index in [1.165, 1.54) is 18.2 Å². The molecule has 0 fully saturated rings. The van der Waals surface area contributed by atoms with E-state index in [4.69, 9.17) is 14.2 Å². The van der Waals surface area contributed by atoms with Crippen LogP contribution in [0.15, 0.2) is 60.4 Å². The molecule has 0 N–H and O–H groups in total. The second-order valence-corrected chi connectivity index (χ2v) is 7.84. The lowest BCUT2D eigenvalue weighted by Crippen LogP contribution is -2.01. The molecule has 0 unspecified atom stereocenters. The molecule has 1 heterocycles. The molecule has 3 aromatic rings. The number of ketones is 1. The van der Waals surface area contributed by atoms with Gasteiger partial charge in [-0.2, -0.15) is 0 Å². The van der Waals surface area contributed by atoms with E-state index >= 15 is 0 Å². The third-order valence-corrected chi connectivity index (χ3v) is 5.55. The van der Waals surface area contributed by atoms with E-state index in [1.54, 1.807) is 36.4 Å². The average molecular weight is 428 g/mol. The Bertz CT molecular complexity index is 1240. The van der Waals surface area contributed by atoms with Crippen LogP contribution in [0.2, 0.25) is 0 Å². The van der Waals surface area contributed by atoms with Crippen molar-refractivity contribution in [3.05, 3.63) is 99.3 Å². The molecular formula is C27H24O5. The zero-order valence-corrected chi connectivity index (χ0v) is 18.5. The van der Waals surface area contributed by atoms with Crippen molar-refractivity contribution >= 4 is 17.8 Å². The van der Waals surface area contributed by atoms with Crippen LogP contribution in [0.1, 0.15) is 48.5 Å². The lowest BCUT2D eigenvalue weighted by Gasteiger charge is -2.13. The van der Waals surface area contributed by atoms with Crippen LogP contribution in [-0.2, 0) is 11.3 Å². The van der Waals surface area contributed by atoms with Crippen LogP contribution in [0.4, 0.5) is 0 Å². The summed E-state index contributed by atoms with van der Waals surface area (Å²) >= 11 is 0. The number of benzene rings is 3. The second-order valence-electron chi connectivity index (χ2n) is 7.84. The number of carbonyl (C=O) groups excluding carboxylic acids is 2. The van der Waals surface area contributed by atoms with E-state index in [2.05, 4.69) is 32.0 Å². The summed E-state index contributed by atoms with van der Waals surface area (Å²) in [5.74, 6) is 0.850. The van der Waals surface area contributed by atoms with Gasteiger partial charge in [0, 0.05) is 5.56 Å². The topological polar surface area (TPSA) is 61.8 Å². The molecule has 162 valence electrons. The summed E-state index contributed by atoms with van der Waals surface area (Å²) in [7, 11) is 1.34. The van der Waals surface area contributed by atoms with Gasteiger partial charge < -0.3 is 14.2 Å². The summed E-state index contributed by atoms with van der Waals surface area (Å²) in [4.78, 5) is 24.4. The summed E-state index contributed by atoms with van der Waals surface area (Å²) < 4.78 is 16.7. The molecule has 0 bridgehead atoms. The highest BCUT2D eigenvalue weighted by Gasteiger charge is 2.30. The van der Waals surface area contributed by atoms with E-state index in [0.717, 1.165) is 16.7 Å². The van der Waals surface area contributed by atoms with Gasteiger partial charge in [0.25, 0.3) is 0 Å². The zero-order valence-electron chi connectivity index (χ0n) is 18.5. The fraction of sp³-hybridized carbons (Fsp3) is 0.185. The number of methoxy groups -OCH3 is 1. The fourth-order valence-electron chi connectivity index (χ4n) is 3.62. The average Bonchev–Trinajstić information content (AvgIpc) is 3.11. The van der Waals surface area contributed by atoms with E-state index < -0.39 is 5.97 Å². The Morgan fingerprint density at radius 1 is 1.00 bits per heavy atom. The highest BCUT2D eigenvalue weighted by molar-refractivity contribution is 6.15. The van der Waals surface area contributed by atoms with E-state index in [0.29, 0.717) is 29.2 Å². The number of fused-ring (bicyclic) bond motifs is 1. The van der Waals surface area contributed by atoms with Gasteiger partial charge in [0.15, 0.2) is 5.76 Å². The van der Waals surface area contributed by atoms with Crippen molar-refractivity contribution in [3.8, 4) is 11.5 Å². The first-order valence-corrected chi connectivity index (χ1v) is 10.3. The maximum absolute atomic E-state index is 12.8. The van der Waals surface area contributed by atoms with Gasteiger partial charge in [0.05, 0.1) is 18.2 Å². The first-order valence-electron chi connectivity index (χ1n) is 10.3. The number of hydrogen-bond acceptors (Lipinski definition) is 5. The third kappa shape index (κ3) is 4.14. The Morgan fingerprint density at radius 3 is 2.47 bits per heavy atom. The largest absolute Gasteiger partial charge is 0.488 e. The standard InChI is InChI=1S/C27H24O5/c1-16-5-6-17(2)21(13-16)15-31-23-12-11-22-25(28)24(32-26(22)18(23)3)14-19-7-9-20(10-8-19)27(29)30-4/h5-14H,15H2,1-4H3/b24-14-. The Hall–Kier alpha value is -3.86. The van der Waals surface area contributed by atoms with Crippen LogP contribution in [-0.4, -0.2) is 18.9 Å². The zero-order chi connectivity index (χ0) is 22.8. The number of esters is 1. The molecule has 0 spiro atoms. The molecule has 32 heavy (non-hydrogen) atoms. The lowest BCUT2D eigenvalue weighted by molar-refractivity contribution is 0.0600. The van der Waals surface area contributed by atoms with Gasteiger partial charge in [-0.25, -0.2) is 4.79 Å². The van der Waals surface area contributed by atoms with Gasteiger partial charge in [-0.15, -0.1) is 0 Å². The van der Waals surface area contributed by atoms with Crippen LogP contribution < -0.4 is 9.47 Å². The van der Waals surface area contributed by atoms with Gasteiger partial charge in [-0.05, 0) is 67.8 Å². The lowest BCUT2D eigenvalue weighted by atomic mass is 10.0. The number of Topliss-reactive ketones (excluding diaryl/α,β-unsaturated/α-hetero) is 1. The van der Waals surface area contributed by atoms with Crippen LogP contribution in [0.25, 0.3) is 6.08 Å². The van der Waals surface area contributed by atoms with Crippen LogP contribution in [0, 0.1) is 20.8 Å². The van der Waals surface area contributed by atoms with E-state index in [1.807, 2.05) is 13.0 Å². The maximum Gasteiger partial charge on any atom is 0.337 e. The van der Waals surface area contributed by atoms with Gasteiger partial charge in [-0.1, -0.05) is 35.9 Å². The molecule has 1 aliphatic heterocycles. The molecular weight excluding hydrogens is 404 g/mol. The Morgan fingerprint density at radius 2 is 1.75 bits per heavy atom. The molecule has 0 atom stereocenters. The number of allylic oxidation sites excluding steroid dienone is 1. The van der Waals surface area contributed by atoms with Crippen molar-refractivity contribution in [2.24, 2.45) is 0 Å². The highest BCUT2D eigenvalue weighted by Crippen LogP contribution is 2.39. The highest BCUT2D eigenvalue weighted by atomic mass is 16.5. The molecule has 0 radical (unpaired) electrons. The normalized spacial score (nSPS) is 13.6. The molecule has 4 rings (SSSR count). The van der Waals surface area contributed by atoms with Crippen molar-refractivity contribution in [1.29, 1.82) is 0 Å². The van der Waals surface area contributed by atoms with Gasteiger partial charge in [0.2, 0.25) is 5.78 Å². The van der Waals surface area contributed by atoms with Crippen molar-refractivity contribution in [2.75, 3.05) is 7.11 Å². The van der Waals surface area contributed by atoms with Gasteiger partial charge in [-0.3, -0.25) is 4.79 Å². The first kappa shape index (κ1) is 21.4. The minimum Gasteiger partial charge on any atom is -0.488 e. The summed E-state index contributed by atoms with van der Waals surface area (Å²) in [6.07, 6.45) is 1.67. The van der Waals surface area contributed by atoms with E-state index in [-0.39, 0.29) is 11.5 Å². The van der Waals surface area contributed by atoms with Crippen molar-refractivity contribution < 1.29 is 23.8 Å². The van der Waals surface area contributed by atoms with Crippen molar-refractivity contribution in [3.63, 3.8) is 0 Å². The summed E-state index contributed by atoms with van der Waals surface area (Å²) in [5.41, 5.74) is 5.96. The summed E-state index contributed by atoms with van der Waals surface area (Å²) in [6.45, 7) is 6.44. The van der Waals surface area contributed by atoms with Crippen LogP contribution in [0.3, 0.4) is 0 Å². The number of aryl methyl sites for hydroxylation is 2. The molecule has 5 heteroatoms. The minimum atomic E-state index is -0.409. The van der Waals surface area contributed by atoms with Crippen molar-refractivity contribution in [2.45, 2.75) is 27.4 Å². The van der Waals surface area contributed by atoms with Crippen LogP contribution >= 0.6 is 0 Å². The second kappa shape index (κ2) is 8.71. The maximum atomic E-state index is 12.8. The molecule has 0 saturated carbocycles. The molecule has 1 aliphatic rings. The fourth-order valence-corrected chi connectivity index (χ4v) is 3.62. The number of carbonyl (C=O) groups is 2. The predicted molar refractivity (Wildman–Crippen MR) is 122 cm³/mol. The van der Waals surface area contributed by atoms with Gasteiger partial charge >= 0.3 is 5.97 Å². The Kier molecular flexibility index (Phi) is 5.82. The first-order chi connectivity index (χ1) is 15.4. The SMILES string of the molecule is COC(=O)c1ccc(/C=C2\Oc3c(ccc(OCc4cc(C)ccc4C)c3C)C2=O)cc1. The predicted octanol–water partition coefficient (Wildman–Crippen LogP) is 5.59.